The van der Waals surface area contributed by atoms with Gasteiger partial charge in [-0.3, -0.25) is 0 Å². The second-order valence-electron chi connectivity index (χ2n) is 3.39. The van der Waals surface area contributed by atoms with Gasteiger partial charge in [0.05, 0.1) is 25.0 Å². The molecule has 0 bridgehead atoms. The Morgan fingerprint density at radius 3 is 2.79 bits per heavy atom. The number of hydrogen-bond acceptors (Lipinski definition) is 4. The highest BCUT2D eigenvalue weighted by Gasteiger charge is 2.19. The molecular formula is C12H12FN3O3. The number of carbonyl (C=O) groups excluding carboxylic acids is 1. The molecule has 0 heterocycles. The molecule has 7 heteroatoms. The molecular weight excluding hydrogens is 253 g/mol. The maximum absolute atomic E-state index is 13.4. The number of carbonyl (C=O) groups is 1. The Morgan fingerprint density at radius 1 is 1.58 bits per heavy atom. The van der Waals surface area contributed by atoms with Crippen molar-refractivity contribution in [2.24, 2.45) is 5.11 Å². The third kappa shape index (κ3) is 3.23. The van der Waals surface area contributed by atoms with Crippen molar-refractivity contribution < 1.29 is 18.7 Å². The number of rotatable bonds is 5. The number of esters is 1. The van der Waals surface area contributed by atoms with Crippen molar-refractivity contribution >= 4 is 17.2 Å². The van der Waals surface area contributed by atoms with Gasteiger partial charge < -0.3 is 9.47 Å². The van der Waals surface area contributed by atoms with Crippen LogP contribution in [0.2, 0.25) is 0 Å². The van der Waals surface area contributed by atoms with Gasteiger partial charge >= 0.3 is 5.97 Å². The van der Waals surface area contributed by atoms with E-state index in [0.717, 1.165) is 12.1 Å². The van der Waals surface area contributed by atoms with Gasteiger partial charge in [0.25, 0.3) is 0 Å². The van der Waals surface area contributed by atoms with Crippen LogP contribution in [0.5, 0.6) is 5.75 Å². The normalized spacial score (nSPS) is 9.42. The smallest absolute Gasteiger partial charge is 0.338 e. The predicted molar refractivity (Wildman–Crippen MR) is 67.4 cm³/mol. The monoisotopic (exact) mass is 265 g/mol. The van der Waals surface area contributed by atoms with Crippen LogP contribution in [0.25, 0.3) is 16.0 Å². The fourth-order valence-corrected chi connectivity index (χ4v) is 1.47. The summed E-state index contributed by atoms with van der Waals surface area (Å²) in [4.78, 5) is 14.2. The number of hydrogen-bond donors (Lipinski definition) is 0. The molecule has 1 aromatic rings. The summed E-state index contributed by atoms with van der Waals surface area (Å²) in [5, 5.41) is 3.31. The summed E-state index contributed by atoms with van der Waals surface area (Å²) in [5.41, 5.74) is 8.37. The van der Waals surface area contributed by atoms with Gasteiger partial charge in [-0.15, -0.1) is 0 Å². The van der Waals surface area contributed by atoms with Gasteiger partial charge in [-0.1, -0.05) is 11.7 Å². The Kier molecular flexibility index (Phi) is 4.91. The minimum Gasteiger partial charge on any atom is -0.496 e. The quantitative estimate of drug-likeness (QED) is 0.269. The van der Waals surface area contributed by atoms with E-state index in [4.69, 9.17) is 15.0 Å². The van der Waals surface area contributed by atoms with Crippen LogP contribution in [0.4, 0.5) is 10.1 Å². The summed E-state index contributed by atoms with van der Waals surface area (Å²) in [6, 6.07) is 2.06. The van der Waals surface area contributed by atoms with Gasteiger partial charge in [-0.05, 0) is 24.6 Å². The lowest BCUT2D eigenvalue weighted by Crippen LogP contribution is -2.07. The Hall–Kier alpha value is -2.53. The van der Waals surface area contributed by atoms with E-state index in [1.54, 1.807) is 6.92 Å². The molecule has 100 valence electrons. The number of nitrogens with zero attached hydrogens (tertiary/aromatic N) is 3. The van der Waals surface area contributed by atoms with Gasteiger partial charge in [0, 0.05) is 10.5 Å². The largest absolute Gasteiger partial charge is 0.496 e. The summed E-state index contributed by atoms with van der Waals surface area (Å²) < 4.78 is 23.3. The first-order valence-corrected chi connectivity index (χ1v) is 5.34. The highest BCUT2D eigenvalue weighted by molar-refractivity contribution is 6.16. The topological polar surface area (TPSA) is 84.3 Å². The number of halogens is 1. The first kappa shape index (κ1) is 14.5. The summed E-state index contributed by atoms with van der Waals surface area (Å²) in [7, 11) is 1.31. The van der Waals surface area contributed by atoms with Crippen LogP contribution >= 0.6 is 0 Å². The average molecular weight is 265 g/mol. The number of azide groups is 1. The van der Waals surface area contributed by atoms with E-state index in [9.17, 15) is 9.18 Å². The van der Waals surface area contributed by atoms with E-state index in [1.165, 1.54) is 7.11 Å². The molecule has 0 amide bonds. The van der Waals surface area contributed by atoms with Crippen molar-refractivity contribution in [3.63, 3.8) is 0 Å². The van der Waals surface area contributed by atoms with E-state index >= 15 is 0 Å². The Bertz CT molecular complexity index is 566. The highest BCUT2D eigenvalue weighted by atomic mass is 19.1. The zero-order chi connectivity index (χ0) is 14.4. The molecule has 1 rings (SSSR count). The second kappa shape index (κ2) is 6.42. The van der Waals surface area contributed by atoms with Crippen molar-refractivity contribution in [2.75, 3.05) is 13.7 Å². The Labute approximate surface area is 109 Å². The molecule has 0 atom stereocenters. The summed E-state index contributed by atoms with van der Waals surface area (Å²) in [5.74, 6) is -1.31. The van der Waals surface area contributed by atoms with E-state index in [-0.39, 0.29) is 29.2 Å². The van der Waals surface area contributed by atoms with Gasteiger partial charge in [0.2, 0.25) is 0 Å². The molecule has 0 saturated heterocycles. The van der Waals surface area contributed by atoms with Crippen LogP contribution in [0.15, 0.2) is 23.8 Å². The van der Waals surface area contributed by atoms with Crippen LogP contribution in [0.3, 0.4) is 0 Å². The molecule has 0 aliphatic carbocycles. The fourth-order valence-electron chi connectivity index (χ4n) is 1.47. The average Bonchev–Trinajstić information content (AvgIpc) is 2.38. The maximum Gasteiger partial charge on any atom is 0.338 e. The van der Waals surface area contributed by atoms with E-state index in [2.05, 4.69) is 16.6 Å². The minimum atomic E-state index is -0.696. The SMILES string of the molecule is C=C(C(=O)OCC)c1cc(F)cc(N=[N+]=[N-])c1OC. The lowest BCUT2D eigenvalue weighted by atomic mass is 10.0. The van der Waals surface area contributed by atoms with Crippen molar-refractivity contribution in [3.8, 4) is 5.75 Å². The molecule has 1 aromatic carbocycles. The number of benzene rings is 1. The van der Waals surface area contributed by atoms with Gasteiger partial charge in [0.15, 0.2) is 0 Å². The highest BCUT2D eigenvalue weighted by Crippen LogP contribution is 2.36. The molecule has 0 saturated carbocycles. The lowest BCUT2D eigenvalue weighted by Gasteiger charge is -2.12. The van der Waals surface area contributed by atoms with Crippen molar-refractivity contribution in [2.45, 2.75) is 6.92 Å². The van der Waals surface area contributed by atoms with Crippen LogP contribution in [-0.4, -0.2) is 19.7 Å². The fraction of sp³-hybridized carbons (Fsp3) is 0.250. The zero-order valence-electron chi connectivity index (χ0n) is 10.5. The number of methoxy groups -OCH3 is 1. The third-order valence-corrected chi connectivity index (χ3v) is 2.24. The van der Waals surface area contributed by atoms with Crippen molar-refractivity contribution in [1.82, 2.24) is 0 Å². The molecule has 19 heavy (non-hydrogen) atoms. The Balaban J connectivity index is 3.37. The van der Waals surface area contributed by atoms with Gasteiger partial charge in [-0.25, -0.2) is 9.18 Å². The summed E-state index contributed by atoms with van der Waals surface area (Å²) >= 11 is 0. The molecule has 6 nitrogen and oxygen atoms in total. The van der Waals surface area contributed by atoms with Crippen molar-refractivity contribution in [3.05, 3.63) is 40.5 Å². The molecule has 0 N–H and O–H groups in total. The van der Waals surface area contributed by atoms with Gasteiger partial charge in [0.1, 0.15) is 11.6 Å². The van der Waals surface area contributed by atoms with Crippen LogP contribution < -0.4 is 4.74 Å². The predicted octanol–water partition coefficient (Wildman–Crippen LogP) is 3.35. The molecule has 0 radical (unpaired) electrons. The second-order valence-corrected chi connectivity index (χ2v) is 3.39. The number of ether oxygens (including phenoxy) is 2. The van der Waals surface area contributed by atoms with Gasteiger partial charge in [-0.2, -0.15) is 0 Å². The lowest BCUT2D eigenvalue weighted by molar-refractivity contribution is -0.136. The zero-order valence-corrected chi connectivity index (χ0v) is 10.5. The molecule has 0 aliphatic rings. The Morgan fingerprint density at radius 2 is 2.26 bits per heavy atom. The minimum absolute atomic E-state index is 0.0644. The molecule has 0 aliphatic heterocycles. The molecule has 0 aromatic heterocycles. The standard InChI is InChI=1S/C12H12FN3O3/c1-4-19-12(17)7(2)9-5-8(13)6-10(15-16-14)11(9)18-3/h5-6H,2,4H2,1,3H3. The first-order chi connectivity index (χ1) is 9.04. The van der Waals surface area contributed by atoms with E-state index in [1.807, 2.05) is 0 Å². The first-order valence-electron chi connectivity index (χ1n) is 5.34. The summed E-state index contributed by atoms with van der Waals surface area (Å²) in [6.07, 6.45) is 0. The maximum atomic E-state index is 13.4. The van der Waals surface area contributed by atoms with E-state index < -0.39 is 11.8 Å². The third-order valence-electron chi connectivity index (χ3n) is 2.24. The molecule has 0 unspecified atom stereocenters. The van der Waals surface area contributed by atoms with E-state index in [0.29, 0.717) is 0 Å². The van der Waals surface area contributed by atoms with Crippen LogP contribution in [0, 0.1) is 5.82 Å². The summed E-state index contributed by atoms with van der Waals surface area (Å²) in [6.45, 7) is 5.34. The molecule has 0 fully saturated rings. The van der Waals surface area contributed by atoms with Crippen LogP contribution in [-0.2, 0) is 9.53 Å². The van der Waals surface area contributed by atoms with Crippen LogP contribution in [0.1, 0.15) is 12.5 Å². The molecule has 0 spiro atoms. The van der Waals surface area contributed by atoms with Crippen molar-refractivity contribution in [1.29, 1.82) is 0 Å².